The van der Waals surface area contributed by atoms with Crippen molar-refractivity contribution in [3.8, 4) is 0 Å². The van der Waals surface area contributed by atoms with Gasteiger partial charge in [0.05, 0.1) is 10.0 Å². The maximum atomic E-state index is 11.7. The minimum Gasteiger partial charge on any atom is -0.480 e. The first-order valence-electron chi connectivity index (χ1n) is 6.75. The minimum atomic E-state index is -1.14. The smallest absolute Gasteiger partial charge is 0.408 e. The number of carbonyl (C=O) groups is 2. The second kappa shape index (κ2) is 7.70. The number of nitrogens with one attached hydrogen (secondary N) is 1. The fourth-order valence-corrected chi connectivity index (χ4v) is 2.16. The van der Waals surface area contributed by atoms with Crippen LogP contribution in [0, 0.1) is 0 Å². The van der Waals surface area contributed by atoms with E-state index in [1.54, 1.807) is 39.0 Å². The molecule has 0 radical (unpaired) electrons. The maximum Gasteiger partial charge on any atom is 0.408 e. The van der Waals surface area contributed by atoms with Crippen LogP contribution in [0.2, 0.25) is 10.0 Å². The molecule has 122 valence electrons. The predicted octanol–water partition coefficient (Wildman–Crippen LogP) is 3.90. The first kappa shape index (κ1) is 18.6. The van der Waals surface area contributed by atoms with Gasteiger partial charge in [0.25, 0.3) is 0 Å². The van der Waals surface area contributed by atoms with Gasteiger partial charge in [-0.25, -0.2) is 9.59 Å². The average molecular weight is 348 g/mol. The third kappa shape index (κ3) is 6.12. The van der Waals surface area contributed by atoms with Crippen LogP contribution in [-0.2, 0) is 16.0 Å². The van der Waals surface area contributed by atoms with Crippen molar-refractivity contribution in [1.82, 2.24) is 5.32 Å². The summed E-state index contributed by atoms with van der Waals surface area (Å²) in [5.41, 5.74) is 0.0371. The lowest BCUT2D eigenvalue weighted by atomic mass is 10.1. The van der Waals surface area contributed by atoms with Gasteiger partial charge in [-0.15, -0.1) is 0 Å². The van der Waals surface area contributed by atoms with E-state index in [9.17, 15) is 14.7 Å². The van der Waals surface area contributed by atoms with E-state index in [0.717, 1.165) is 5.56 Å². The molecule has 0 heterocycles. The molecule has 0 unspecified atom stereocenters. The third-order valence-electron chi connectivity index (χ3n) is 2.72. The van der Waals surface area contributed by atoms with Crippen molar-refractivity contribution in [2.75, 3.05) is 0 Å². The quantitative estimate of drug-likeness (QED) is 0.846. The zero-order valence-electron chi connectivity index (χ0n) is 12.7. The van der Waals surface area contributed by atoms with Crippen molar-refractivity contribution in [1.29, 1.82) is 0 Å². The van der Waals surface area contributed by atoms with Crippen LogP contribution in [0.1, 0.15) is 32.8 Å². The number of hydrogen-bond acceptors (Lipinski definition) is 3. The zero-order valence-corrected chi connectivity index (χ0v) is 14.2. The van der Waals surface area contributed by atoms with E-state index in [1.807, 2.05) is 0 Å². The summed E-state index contributed by atoms with van der Waals surface area (Å²) in [4.78, 5) is 22.9. The Bertz CT molecular complexity index is 555. The van der Waals surface area contributed by atoms with Gasteiger partial charge in [-0.1, -0.05) is 35.3 Å². The number of ether oxygens (including phenoxy) is 1. The highest BCUT2D eigenvalue weighted by atomic mass is 35.5. The standard InChI is InChI=1S/C15H19Cl2NO4/c1-15(2,3)22-14(21)18-11(13(19)20)8-7-9-5-4-6-10(16)12(9)17/h4-6,11H,7-8H2,1-3H3,(H,18,21)(H,19,20)/t11-/m0/s1. The molecule has 22 heavy (non-hydrogen) atoms. The van der Waals surface area contributed by atoms with Gasteiger partial charge in [0.15, 0.2) is 0 Å². The van der Waals surface area contributed by atoms with Crippen LogP contribution in [0.4, 0.5) is 4.79 Å². The van der Waals surface area contributed by atoms with E-state index in [4.69, 9.17) is 27.9 Å². The molecule has 0 bridgehead atoms. The van der Waals surface area contributed by atoms with Crippen LogP contribution in [0.25, 0.3) is 0 Å². The van der Waals surface area contributed by atoms with Crippen LogP contribution in [0.15, 0.2) is 18.2 Å². The highest BCUT2D eigenvalue weighted by Crippen LogP contribution is 2.26. The number of rotatable bonds is 5. The lowest BCUT2D eigenvalue weighted by Crippen LogP contribution is -2.43. The molecule has 5 nitrogen and oxygen atoms in total. The van der Waals surface area contributed by atoms with Crippen molar-refractivity contribution in [3.63, 3.8) is 0 Å². The van der Waals surface area contributed by atoms with E-state index >= 15 is 0 Å². The topological polar surface area (TPSA) is 75.6 Å². The zero-order chi connectivity index (χ0) is 16.9. The van der Waals surface area contributed by atoms with Crippen LogP contribution >= 0.6 is 23.2 Å². The molecule has 1 amide bonds. The summed E-state index contributed by atoms with van der Waals surface area (Å²) in [5.74, 6) is -1.14. The minimum absolute atomic E-state index is 0.175. The number of aryl methyl sites for hydroxylation is 1. The average Bonchev–Trinajstić information content (AvgIpc) is 2.36. The lowest BCUT2D eigenvalue weighted by molar-refractivity contribution is -0.139. The highest BCUT2D eigenvalue weighted by molar-refractivity contribution is 6.42. The summed E-state index contributed by atoms with van der Waals surface area (Å²) < 4.78 is 5.05. The van der Waals surface area contributed by atoms with Crippen molar-refractivity contribution in [3.05, 3.63) is 33.8 Å². The van der Waals surface area contributed by atoms with Crippen molar-refractivity contribution >= 4 is 35.3 Å². The highest BCUT2D eigenvalue weighted by Gasteiger charge is 2.24. The van der Waals surface area contributed by atoms with Crippen molar-refractivity contribution in [2.45, 2.75) is 45.3 Å². The van der Waals surface area contributed by atoms with Crippen LogP contribution < -0.4 is 5.32 Å². The fourth-order valence-electron chi connectivity index (χ4n) is 1.75. The molecule has 0 saturated heterocycles. The van der Waals surface area contributed by atoms with E-state index < -0.39 is 23.7 Å². The molecule has 7 heteroatoms. The summed E-state index contributed by atoms with van der Waals surface area (Å²) in [6, 6.07) is 4.09. The Labute approximate surface area is 139 Å². The van der Waals surface area contributed by atoms with Crippen molar-refractivity contribution in [2.24, 2.45) is 0 Å². The predicted molar refractivity (Wildman–Crippen MR) is 85.6 cm³/mol. The lowest BCUT2D eigenvalue weighted by Gasteiger charge is -2.22. The summed E-state index contributed by atoms with van der Waals surface area (Å²) in [7, 11) is 0. The third-order valence-corrected chi connectivity index (χ3v) is 3.58. The molecule has 0 aliphatic rings. The molecular formula is C15H19Cl2NO4. The van der Waals surface area contributed by atoms with Gasteiger partial charge in [-0.05, 0) is 45.2 Å². The number of benzene rings is 1. The van der Waals surface area contributed by atoms with E-state index in [0.29, 0.717) is 16.5 Å². The Kier molecular flexibility index (Phi) is 6.50. The van der Waals surface area contributed by atoms with E-state index in [2.05, 4.69) is 5.32 Å². The summed E-state index contributed by atoms with van der Waals surface area (Å²) in [5, 5.41) is 12.3. The Hall–Kier alpha value is -1.46. The largest absolute Gasteiger partial charge is 0.480 e. The Balaban J connectivity index is 2.67. The molecule has 0 fully saturated rings. The van der Waals surface area contributed by atoms with Crippen LogP contribution in [-0.4, -0.2) is 28.8 Å². The van der Waals surface area contributed by atoms with Crippen LogP contribution in [0.5, 0.6) is 0 Å². The number of amides is 1. The van der Waals surface area contributed by atoms with Crippen molar-refractivity contribution < 1.29 is 19.4 Å². The second-order valence-corrected chi connectivity index (χ2v) is 6.57. The van der Waals surface area contributed by atoms with E-state index in [1.165, 1.54) is 0 Å². The van der Waals surface area contributed by atoms with Gasteiger partial charge >= 0.3 is 12.1 Å². The Morgan fingerprint density at radius 3 is 2.50 bits per heavy atom. The number of carbonyl (C=O) groups excluding carboxylic acids is 1. The van der Waals surface area contributed by atoms with Crippen LogP contribution in [0.3, 0.4) is 0 Å². The first-order chi connectivity index (χ1) is 10.1. The number of aliphatic carboxylic acids is 1. The molecule has 0 spiro atoms. The molecule has 0 aliphatic carbocycles. The maximum absolute atomic E-state index is 11.7. The van der Waals surface area contributed by atoms with Gasteiger partial charge in [0.1, 0.15) is 11.6 Å². The Morgan fingerprint density at radius 1 is 1.32 bits per heavy atom. The van der Waals surface area contributed by atoms with E-state index in [-0.39, 0.29) is 6.42 Å². The molecule has 0 aliphatic heterocycles. The fraction of sp³-hybridized carbons (Fsp3) is 0.467. The number of alkyl carbamates (subject to hydrolysis) is 1. The summed E-state index contributed by atoms with van der Waals surface area (Å²) >= 11 is 12.0. The molecule has 1 aromatic rings. The molecule has 1 atom stereocenters. The SMILES string of the molecule is CC(C)(C)OC(=O)N[C@@H](CCc1cccc(Cl)c1Cl)C(=O)O. The molecule has 2 N–H and O–H groups in total. The molecule has 0 aromatic heterocycles. The molecule has 0 saturated carbocycles. The summed E-state index contributed by atoms with van der Waals surface area (Å²) in [6.07, 6.45) is -0.224. The van der Waals surface area contributed by atoms with Gasteiger partial charge in [-0.2, -0.15) is 0 Å². The number of carboxylic acid groups (broad SMARTS) is 1. The normalized spacial score (nSPS) is 12.6. The number of halogens is 2. The van der Waals surface area contributed by atoms with Gasteiger partial charge in [-0.3, -0.25) is 0 Å². The number of hydrogen-bond donors (Lipinski definition) is 2. The monoisotopic (exact) mass is 347 g/mol. The van der Waals surface area contributed by atoms with Gasteiger partial charge < -0.3 is 15.2 Å². The molecule has 1 rings (SSSR count). The Morgan fingerprint density at radius 2 is 1.95 bits per heavy atom. The first-order valence-corrected chi connectivity index (χ1v) is 7.51. The molecule has 1 aromatic carbocycles. The van der Waals surface area contributed by atoms with Gasteiger partial charge in [0, 0.05) is 0 Å². The van der Waals surface area contributed by atoms with Gasteiger partial charge in [0.2, 0.25) is 0 Å². The molecular weight excluding hydrogens is 329 g/mol. The summed E-state index contributed by atoms with van der Waals surface area (Å²) in [6.45, 7) is 5.11. The second-order valence-electron chi connectivity index (χ2n) is 5.79. The number of carboxylic acids is 1.